The average Bonchev–Trinajstić information content (AvgIpc) is 3.43. The van der Waals surface area contributed by atoms with Crippen LogP contribution < -0.4 is 0 Å². The molecule has 4 aliphatic heterocycles. The number of carbonyl (C=O) groups is 2. The fourth-order valence-corrected chi connectivity index (χ4v) is 16.4. The minimum absolute atomic E-state index is 0.00307. The van der Waals surface area contributed by atoms with Crippen molar-refractivity contribution >= 4 is 11.9 Å². The van der Waals surface area contributed by atoms with E-state index in [0.717, 1.165) is 19.3 Å². The summed E-state index contributed by atoms with van der Waals surface area (Å²) >= 11 is 0. The molecule has 0 bridgehead atoms. The fourth-order valence-electron chi connectivity index (χ4n) is 16.4. The topological polar surface area (TPSA) is 371 Å². The highest BCUT2D eigenvalue weighted by atomic mass is 16.8. The summed E-state index contributed by atoms with van der Waals surface area (Å²) in [6.45, 7) is 15.6. The second-order valence-corrected chi connectivity index (χ2v) is 26.3. The number of carbonyl (C=O) groups excluding carboxylic acids is 1. The Morgan fingerprint density at radius 2 is 1.14 bits per heavy atom. The van der Waals surface area contributed by atoms with Crippen molar-refractivity contribution in [3.8, 4) is 0 Å². The second-order valence-electron chi connectivity index (χ2n) is 26.3. The Morgan fingerprint density at radius 1 is 0.584 bits per heavy atom. The van der Waals surface area contributed by atoms with Crippen LogP contribution in [0.1, 0.15) is 120 Å². The van der Waals surface area contributed by atoms with E-state index in [1.807, 2.05) is 0 Å². The number of aliphatic hydroxyl groups excluding tert-OH is 12. The summed E-state index contributed by atoms with van der Waals surface area (Å²) in [6.07, 6.45) is -26.3. The summed E-state index contributed by atoms with van der Waals surface area (Å²) in [4.78, 5) is 27.7. The molecule has 0 radical (unpaired) electrons. The van der Waals surface area contributed by atoms with Gasteiger partial charge in [0.2, 0.25) is 6.29 Å². The van der Waals surface area contributed by atoms with Gasteiger partial charge in [-0.2, -0.15) is 0 Å². The van der Waals surface area contributed by atoms with E-state index in [9.17, 15) is 76.0 Å². The van der Waals surface area contributed by atoms with Crippen molar-refractivity contribution in [2.45, 2.75) is 249 Å². The van der Waals surface area contributed by atoms with Crippen molar-refractivity contribution in [2.75, 3.05) is 13.2 Å². The minimum Gasteiger partial charge on any atom is -0.479 e. The molecule has 0 aromatic heterocycles. The average molecular weight is 1100 g/mol. The van der Waals surface area contributed by atoms with Crippen LogP contribution in [0.2, 0.25) is 0 Å². The van der Waals surface area contributed by atoms with Crippen LogP contribution in [0.5, 0.6) is 0 Å². The first-order valence-electron chi connectivity index (χ1n) is 27.7. The monoisotopic (exact) mass is 1100 g/mol. The number of hydrogen-bond donors (Lipinski definition) is 13. The molecule has 0 amide bonds. The van der Waals surface area contributed by atoms with E-state index >= 15 is 0 Å². The van der Waals surface area contributed by atoms with E-state index in [2.05, 4.69) is 54.5 Å². The van der Waals surface area contributed by atoms with Gasteiger partial charge in [0.05, 0.1) is 30.8 Å². The van der Waals surface area contributed by atoms with Crippen LogP contribution in [-0.2, 0) is 47.5 Å². The predicted molar refractivity (Wildman–Crippen MR) is 262 cm³/mol. The van der Waals surface area contributed by atoms with E-state index in [4.69, 9.17) is 37.9 Å². The number of carboxylic acid groups (broad SMARTS) is 1. The molecule has 77 heavy (non-hydrogen) atoms. The minimum atomic E-state index is -2.10. The van der Waals surface area contributed by atoms with Gasteiger partial charge in [-0.3, -0.25) is 4.79 Å². The summed E-state index contributed by atoms with van der Waals surface area (Å²) < 4.78 is 48.5. The van der Waals surface area contributed by atoms with Crippen LogP contribution in [-0.4, -0.2) is 220 Å². The first kappa shape index (κ1) is 59.5. The molecule has 28 atom stereocenters. The van der Waals surface area contributed by atoms with E-state index in [-0.39, 0.29) is 39.4 Å². The molecule has 0 aromatic rings. The highest BCUT2D eigenvalue weighted by molar-refractivity contribution is 5.79. The molecule has 8 fully saturated rings. The fraction of sp³-hybridized carbons (Fsp3) is 0.926. The van der Waals surface area contributed by atoms with E-state index in [1.165, 1.54) is 12.5 Å². The van der Waals surface area contributed by atoms with Crippen molar-refractivity contribution < 1.29 is 114 Å². The van der Waals surface area contributed by atoms with Crippen molar-refractivity contribution in [3.63, 3.8) is 0 Å². The van der Waals surface area contributed by atoms with Crippen LogP contribution in [0.3, 0.4) is 0 Å². The SMILES string of the molecule is C[C@@H]1O[C@@H](O[C@H]2[C@H](O)[C@@H](C(=O)O)O[C@@H](O[C@H]3CC[C@]4(C)[C@H]5CC=C6[C@@H]7CC(C)(C)CC[C@]7(C(=O)O[C@@H]7O[C@H](CO)[C@@H](O)[C@H](O)[C@H]7O)CC[C@@]6(C)[C@]5(C)CC[C@H]4C3(C)C)[C@@H]2O[C@@H]2O[C@H](CO)[C@@H](O)[C@H](O)[C@H]2O)[C@H](O)[C@H](O)[C@H]1O. The number of fused-ring (bicyclic) bond motifs is 7. The zero-order valence-corrected chi connectivity index (χ0v) is 45.3. The number of hydrogen-bond acceptors (Lipinski definition) is 22. The van der Waals surface area contributed by atoms with Crippen LogP contribution in [0.25, 0.3) is 0 Å². The lowest BCUT2D eigenvalue weighted by Crippen LogP contribution is -2.68. The molecule has 440 valence electrons. The number of aliphatic hydroxyl groups is 12. The number of allylic oxidation sites excluding steroid dienone is 2. The van der Waals surface area contributed by atoms with E-state index < -0.39 is 165 Å². The van der Waals surface area contributed by atoms with Gasteiger partial charge >= 0.3 is 11.9 Å². The molecule has 9 aliphatic rings. The molecule has 23 heteroatoms. The van der Waals surface area contributed by atoms with E-state index in [1.54, 1.807) is 0 Å². The summed E-state index contributed by atoms with van der Waals surface area (Å²) in [6, 6.07) is 0. The Bertz CT molecular complexity index is 2180. The highest BCUT2D eigenvalue weighted by Gasteiger charge is 2.70. The van der Waals surface area contributed by atoms with Crippen molar-refractivity contribution in [3.05, 3.63) is 11.6 Å². The molecule has 9 rings (SSSR count). The molecular weight excluding hydrogens is 1020 g/mol. The lowest BCUT2D eigenvalue weighted by Gasteiger charge is -2.71. The Balaban J connectivity index is 1.00. The van der Waals surface area contributed by atoms with Gasteiger partial charge in [0.1, 0.15) is 85.5 Å². The predicted octanol–water partition coefficient (Wildman–Crippen LogP) is -0.915. The van der Waals surface area contributed by atoms with Gasteiger partial charge in [0, 0.05) is 0 Å². The zero-order valence-electron chi connectivity index (χ0n) is 45.3. The first-order chi connectivity index (χ1) is 35.9. The van der Waals surface area contributed by atoms with Gasteiger partial charge in [-0.1, -0.05) is 60.1 Å². The third kappa shape index (κ3) is 9.66. The third-order valence-electron chi connectivity index (χ3n) is 21.4. The lowest BCUT2D eigenvalue weighted by atomic mass is 9.33. The molecule has 5 aliphatic carbocycles. The quantitative estimate of drug-likeness (QED) is 0.0676. The van der Waals surface area contributed by atoms with Gasteiger partial charge in [-0.05, 0) is 116 Å². The maximum absolute atomic E-state index is 14.8. The third-order valence-corrected chi connectivity index (χ3v) is 21.4. The molecular formula is C54H86O23. The Labute approximate surface area is 448 Å². The van der Waals surface area contributed by atoms with Gasteiger partial charge < -0.3 is 104 Å². The molecule has 4 saturated carbocycles. The van der Waals surface area contributed by atoms with Gasteiger partial charge in [0.25, 0.3) is 0 Å². The van der Waals surface area contributed by atoms with Crippen molar-refractivity contribution in [2.24, 2.45) is 50.2 Å². The molecule has 4 saturated heterocycles. The Kier molecular flexibility index (Phi) is 16.5. The molecule has 0 aromatic carbocycles. The highest BCUT2D eigenvalue weighted by Crippen LogP contribution is 2.76. The van der Waals surface area contributed by atoms with Crippen LogP contribution in [0.15, 0.2) is 11.6 Å². The summed E-state index contributed by atoms with van der Waals surface area (Å²) in [5.41, 5.74) is -1.46. The second kappa shape index (κ2) is 21.3. The van der Waals surface area contributed by atoms with E-state index in [0.29, 0.717) is 44.9 Å². The van der Waals surface area contributed by atoms with Gasteiger partial charge in [-0.25, -0.2) is 4.79 Å². The normalized spacial score (nSPS) is 53.4. The summed E-state index contributed by atoms with van der Waals surface area (Å²) in [5, 5.41) is 139. The molecule has 0 unspecified atom stereocenters. The molecule has 23 nitrogen and oxygen atoms in total. The number of aliphatic carboxylic acids is 1. The lowest BCUT2D eigenvalue weighted by molar-refractivity contribution is -0.395. The molecule has 0 spiro atoms. The maximum Gasteiger partial charge on any atom is 0.335 e. The number of ether oxygens (including phenoxy) is 8. The largest absolute Gasteiger partial charge is 0.479 e. The smallest absolute Gasteiger partial charge is 0.335 e. The summed E-state index contributed by atoms with van der Waals surface area (Å²) in [5.74, 6) is -2.23. The Morgan fingerprint density at radius 3 is 1.75 bits per heavy atom. The zero-order chi connectivity index (χ0) is 56.4. The summed E-state index contributed by atoms with van der Waals surface area (Å²) in [7, 11) is 0. The van der Waals surface area contributed by atoms with Crippen molar-refractivity contribution in [1.82, 2.24) is 0 Å². The van der Waals surface area contributed by atoms with Crippen molar-refractivity contribution in [1.29, 1.82) is 0 Å². The van der Waals surface area contributed by atoms with Crippen LogP contribution in [0, 0.1) is 50.2 Å². The van der Waals surface area contributed by atoms with Crippen LogP contribution in [0.4, 0.5) is 0 Å². The standard InChI is InChI=1S/C54H86O23/c1-22-30(57)33(60)36(63)44(70-22)74-40-39(66)41(43(67)68)75-47(42(40)76-45-37(64)34(61)31(58)25(20-55)71-45)73-29-12-13-51(6)27(50(29,4)5)11-14-53(8)28(51)10-9-23-24-19-49(2,3)15-17-54(24,18-16-52(23,53)7)48(69)77-46-38(65)35(62)32(59)26(21-56)72-46/h9,22,24-42,44-47,55-66H,10-21H2,1-8H3,(H,67,68)/t22-,24-,25+,26+,27-,28+,29-,30-,31+,32+,33+,34-,35-,36+,37+,38+,39-,40-,41-,42+,44-,45-,46-,47+,51-,52+,53+,54-/m0/s1. The van der Waals surface area contributed by atoms with Gasteiger partial charge in [-0.15, -0.1) is 0 Å². The van der Waals surface area contributed by atoms with Gasteiger partial charge in [0.15, 0.2) is 25.0 Å². The van der Waals surface area contributed by atoms with Crippen LogP contribution >= 0.6 is 0 Å². The maximum atomic E-state index is 14.8. The number of carboxylic acids is 1. The first-order valence-corrected chi connectivity index (χ1v) is 27.7. The number of esters is 1. The molecule has 4 heterocycles. The molecule has 13 N–H and O–H groups in total. The number of rotatable bonds is 11. The Hall–Kier alpha value is -2.08.